The van der Waals surface area contributed by atoms with Crippen molar-refractivity contribution in [2.24, 2.45) is 16.7 Å². The van der Waals surface area contributed by atoms with E-state index in [1.807, 2.05) is 9.80 Å². The quantitative estimate of drug-likeness (QED) is 0.557. The van der Waals surface area contributed by atoms with Crippen LogP contribution in [0, 0.1) is 16.7 Å². The van der Waals surface area contributed by atoms with Crippen molar-refractivity contribution in [2.75, 3.05) is 26.2 Å². The number of aliphatic hydroxyl groups is 1. The Morgan fingerprint density at radius 3 is 2.23 bits per heavy atom. The highest BCUT2D eigenvalue weighted by Crippen LogP contribution is 2.57. The number of carbonyl (C=O) groups excluding carboxylic acids is 1. The normalized spacial score (nSPS) is 26.4. The van der Waals surface area contributed by atoms with Crippen LogP contribution < -0.4 is 0 Å². The van der Waals surface area contributed by atoms with Crippen LogP contribution in [0.15, 0.2) is 29.2 Å². The molecule has 2 aromatic rings. The van der Waals surface area contributed by atoms with Crippen LogP contribution in [-0.4, -0.2) is 76.2 Å². The highest BCUT2D eigenvalue weighted by molar-refractivity contribution is 7.92. The zero-order valence-electron chi connectivity index (χ0n) is 22.0. The maximum Gasteiger partial charge on any atom is 0.501 e. The molecule has 5 aliphatic rings. The molecular weight excluding hydrogens is 547 g/mol. The molecule has 0 radical (unpaired) electrons. The molecule has 1 atom stereocenters. The summed E-state index contributed by atoms with van der Waals surface area (Å²) in [6.07, 6.45) is 7.01. The summed E-state index contributed by atoms with van der Waals surface area (Å²) in [5.41, 5.74) is -5.04. The molecule has 0 bridgehead atoms. The first-order valence-electron chi connectivity index (χ1n) is 13.9. The number of urea groups is 1. The molecule has 2 spiro atoms. The zero-order valence-corrected chi connectivity index (χ0v) is 22.8. The molecule has 2 amide bonds. The van der Waals surface area contributed by atoms with Crippen molar-refractivity contribution in [2.45, 2.75) is 73.3 Å². The molecule has 40 heavy (non-hydrogen) atoms. The zero-order chi connectivity index (χ0) is 28.1. The van der Waals surface area contributed by atoms with Crippen molar-refractivity contribution in [3.8, 4) is 0 Å². The maximum atomic E-state index is 13.1. The van der Waals surface area contributed by atoms with Gasteiger partial charge in [-0.15, -0.1) is 0 Å². The number of nitrogens with zero attached hydrogens (tertiary/aromatic N) is 4. The first kappa shape index (κ1) is 26.2. The molecule has 2 aliphatic heterocycles. The lowest BCUT2D eigenvalue weighted by Crippen LogP contribution is -2.69. The topological polar surface area (TPSA) is 119 Å². The second-order valence-corrected chi connectivity index (χ2v) is 15.0. The van der Waals surface area contributed by atoms with Crippen LogP contribution in [0.5, 0.6) is 0 Å². The van der Waals surface area contributed by atoms with Crippen molar-refractivity contribution >= 4 is 15.9 Å². The first-order valence-corrected chi connectivity index (χ1v) is 15.4. The Hall–Kier alpha value is -2.67. The summed E-state index contributed by atoms with van der Waals surface area (Å²) < 4.78 is 61.5. The van der Waals surface area contributed by atoms with Crippen LogP contribution in [0.1, 0.15) is 68.1 Å². The van der Waals surface area contributed by atoms with Gasteiger partial charge in [0.1, 0.15) is 11.4 Å². The monoisotopic (exact) mass is 579 g/mol. The smallest absolute Gasteiger partial charge is 0.382 e. The molecule has 3 saturated carbocycles. The van der Waals surface area contributed by atoms with Crippen LogP contribution in [-0.2, 0) is 21.9 Å². The van der Waals surface area contributed by atoms with Crippen LogP contribution in [0.25, 0.3) is 0 Å². The number of sulfone groups is 1. The van der Waals surface area contributed by atoms with Gasteiger partial charge in [-0.25, -0.2) is 18.2 Å². The standard InChI is InChI=1S/C27H32F3N5O4S/c28-27(29,30)40(38,39)20-3-1-17(2-4-20)9-18-5-6-24(10-18)13-34(14-24)23(36)35-15-25(16-35)11-19(12-25)21-31-22(33-32-21)26(37)7-8-26/h1-4,18-19,37H,5-16H2,(H,31,32,33)/t18-/m0/s1. The largest absolute Gasteiger partial charge is 0.501 e. The van der Waals surface area contributed by atoms with E-state index in [1.165, 1.54) is 12.1 Å². The summed E-state index contributed by atoms with van der Waals surface area (Å²) in [5.74, 6) is 2.00. The molecule has 1 aromatic heterocycles. The Bertz CT molecular complexity index is 1430. The Balaban J connectivity index is 0.862. The van der Waals surface area contributed by atoms with Crippen molar-refractivity contribution in [1.82, 2.24) is 25.0 Å². The summed E-state index contributed by atoms with van der Waals surface area (Å²) in [6, 6.07) is 5.13. The van der Waals surface area contributed by atoms with Crippen LogP contribution in [0.4, 0.5) is 18.0 Å². The Kier molecular flexibility index (Phi) is 5.53. The molecule has 3 aliphatic carbocycles. The van der Waals surface area contributed by atoms with Gasteiger partial charge in [0.15, 0.2) is 5.82 Å². The fourth-order valence-electron chi connectivity index (χ4n) is 7.50. The molecule has 9 nitrogen and oxygen atoms in total. The molecule has 216 valence electrons. The number of amides is 2. The Morgan fingerprint density at radius 2 is 1.62 bits per heavy atom. The van der Waals surface area contributed by atoms with E-state index in [4.69, 9.17) is 0 Å². The average Bonchev–Trinajstić information content (AvgIpc) is 3.22. The van der Waals surface area contributed by atoms with E-state index < -0.39 is 25.8 Å². The summed E-state index contributed by atoms with van der Waals surface area (Å²) >= 11 is 0. The molecule has 2 N–H and O–H groups in total. The summed E-state index contributed by atoms with van der Waals surface area (Å²) in [6.45, 7) is 3.00. The highest BCUT2D eigenvalue weighted by atomic mass is 32.2. The number of rotatable bonds is 5. The highest BCUT2D eigenvalue weighted by Gasteiger charge is 2.58. The van der Waals surface area contributed by atoms with Gasteiger partial charge in [0.05, 0.1) is 4.90 Å². The minimum atomic E-state index is -5.33. The van der Waals surface area contributed by atoms with Gasteiger partial charge in [-0.05, 0) is 75.0 Å². The third kappa shape index (κ3) is 4.22. The van der Waals surface area contributed by atoms with Gasteiger partial charge in [0.25, 0.3) is 9.84 Å². The van der Waals surface area contributed by atoms with Gasteiger partial charge in [0, 0.05) is 42.9 Å². The van der Waals surface area contributed by atoms with Gasteiger partial charge >= 0.3 is 11.5 Å². The Labute approximate surface area is 230 Å². The lowest BCUT2D eigenvalue weighted by atomic mass is 9.57. The van der Waals surface area contributed by atoms with Crippen molar-refractivity contribution in [3.05, 3.63) is 41.5 Å². The fourth-order valence-corrected chi connectivity index (χ4v) is 8.26. The van der Waals surface area contributed by atoms with Gasteiger partial charge in [-0.2, -0.15) is 18.3 Å². The number of hydrogen-bond donors (Lipinski definition) is 2. The van der Waals surface area contributed by atoms with E-state index in [1.54, 1.807) is 0 Å². The molecule has 13 heteroatoms. The summed E-state index contributed by atoms with van der Waals surface area (Å²) in [5, 5.41) is 17.4. The number of nitrogens with one attached hydrogen (secondary N) is 1. The molecule has 3 heterocycles. The van der Waals surface area contributed by atoms with Crippen molar-refractivity contribution < 1.29 is 31.5 Å². The van der Waals surface area contributed by atoms with E-state index in [0.29, 0.717) is 36.9 Å². The van der Waals surface area contributed by atoms with E-state index in [-0.39, 0.29) is 16.9 Å². The fraction of sp³-hybridized carbons (Fsp3) is 0.667. The van der Waals surface area contributed by atoms with Gasteiger partial charge in [-0.1, -0.05) is 12.1 Å². The minimum Gasteiger partial charge on any atom is -0.382 e. The predicted octanol–water partition coefficient (Wildman–Crippen LogP) is 3.72. The third-order valence-electron chi connectivity index (χ3n) is 9.90. The Morgan fingerprint density at radius 1 is 1.00 bits per heavy atom. The van der Waals surface area contributed by atoms with Crippen molar-refractivity contribution in [3.63, 3.8) is 0 Å². The second kappa shape index (κ2) is 8.43. The SMILES string of the molecule is O=C(N1CC2(CC(c3nc(C4(O)CC4)n[nH]3)C2)C1)N1CC2(CC[C@@H](Cc3ccc(S(=O)(=O)C(F)(F)F)cc3)C2)C1. The van der Waals surface area contributed by atoms with Crippen LogP contribution in [0.3, 0.4) is 0 Å². The molecular formula is C27H32F3N5O4S. The number of hydrogen-bond acceptors (Lipinski definition) is 6. The molecule has 7 rings (SSSR count). The molecule has 0 unspecified atom stereocenters. The van der Waals surface area contributed by atoms with E-state index in [9.17, 15) is 31.5 Å². The number of alkyl halides is 3. The van der Waals surface area contributed by atoms with Gasteiger partial charge in [0.2, 0.25) is 0 Å². The van der Waals surface area contributed by atoms with Crippen LogP contribution in [0.2, 0.25) is 0 Å². The lowest BCUT2D eigenvalue weighted by molar-refractivity contribution is -0.0707. The number of halogens is 3. The van der Waals surface area contributed by atoms with Gasteiger partial charge < -0.3 is 14.9 Å². The third-order valence-corrected chi connectivity index (χ3v) is 11.4. The number of likely N-dealkylation sites (tertiary alicyclic amines) is 2. The number of H-pyrrole nitrogens is 1. The first-order chi connectivity index (χ1) is 18.8. The average molecular weight is 580 g/mol. The van der Waals surface area contributed by atoms with E-state index >= 15 is 0 Å². The molecule has 1 aromatic carbocycles. The number of aromatic amines is 1. The van der Waals surface area contributed by atoms with Gasteiger partial charge in [-0.3, -0.25) is 5.10 Å². The number of benzene rings is 1. The minimum absolute atomic E-state index is 0.0996. The maximum absolute atomic E-state index is 13.1. The summed E-state index contributed by atoms with van der Waals surface area (Å²) in [4.78, 5) is 20.7. The molecule has 2 saturated heterocycles. The lowest BCUT2D eigenvalue weighted by Gasteiger charge is -2.60. The van der Waals surface area contributed by atoms with Crippen molar-refractivity contribution in [1.29, 1.82) is 0 Å². The predicted molar refractivity (Wildman–Crippen MR) is 136 cm³/mol. The molecule has 5 fully saturated rings. The summed E-state index contributed by atoms with van der Waals surface area (Å²) in [7, 11) is -5.33. The number of carbonyl (C=O) groups is 1. The van der Waals surface area contributed by atoms with Crippen LogP contribution >= 0.6 is 0 Å². The van der Waals surface area contributed by atoms with E-state index in [0.717, 1.165) is 81.8 Å². The van der Waals surface area contributed by atoms with E-state index in [2.05, 4.69) is 15.2 Å². The number of aromatic nitrogens is 3. The second-order valence-electron chi connectivity index (χ2n) is 13.1.